The predicted molar refractivity (Wildman–Crippen MR) is 86.1 cm³/mol. The maximum Gasteiger partial charge on any atom is 0.130 e. The SMILES string of the molecule is C[C@@H]1CCN(CC2OCCC2F)[C@@H](c2ccco2)C1.I. The molecule has 1 aromatic heterocycles. The topological polar surface area (TPSA) is 25.6 Å². The van der Waals surface area contributed by atoms with Crippen LogP contribution in [-0.4, -0.2) is 36.9 Å². The van der Waals surface area contributed by atoms with Crippen LogP contribution in [-0.2, 0) is 4.74 Å². The molecule has 3 nitrogen and oxygen atoms in total. The Balaban J connectivity index is 0.00000147. The summed E-state index contributed by atoms with van der Waals surface area (Å²) < 4.78 is 24.8. The standard InChI is InChI=1S/C15H22FNO2.HI/c1-11-4-6-17(10-15-12(16)5-8-19-15)13(9-11)14-3-2-7-18-14;/h2-3,7,11-13,15H,4-6,8-10H2,1H3;1H/t11-,12?,13-,15?;/m1./s1. The van der Waals surface area contributed by atoms with Gasteiger partial charge >= 0.3 is 0 Å². The van der Waals surface area contributed by atoms with Gasteiger partial charge in [0.05, 0.1) is 18.9 Å². The minimum absolute atomic E-state index is 0. The predicted octanol–water partition coefficient (Wildman–Crippen LogP) is 3.80. The number of rotatable bonds is 3. The molecule has 0 radical (unpaired) electrons. The summed E-state index contributed by atoms with van der Waals surface area (Å²) in [7, 11) is 0. The van der Waals surface area contributed by atoms with Crippen LogP contribution in [0.25, 0.3) is 0 Å². The minimum Gasteiger partial charge on any atom is -0.468 e. The molecule has 5 heteroatoms. The van der Waals surface area contributed by atoms with E-state index in [1.807, 2.05) is 12.1 Å². The van der Waals surface area contributed by atoms with Gasteiger partial charge in [-0.1, -0.05) is 6.92 Å². The van der Waals surface area contributed by atoms with Crippen molar-refractivity contribution in [2.24, 2.45) is 5.92 Å². The third-order valence-corrected chi connectivity index (χ3v) is 4.39. The minimum atomic E-state index is -0.809. The highest BCUT2D eigenvalue weighted by atomic mass is 127. The van der Waals surface area contributed by atoms with E-state index in [-0.39, 0.29) is 36.1 Å². The quantitative estimate of drug-likeness (QED) is 0.729. The molecule has 20 heavy (non-hydrogen) atoms. The van der Waals surface area contributed by atoms with E-state index in [2.05, 4.69) is 11.8 Å². The van der Waals surface area contributed by atoms with Gasteiger partial charge in [-0.05, 0) is 37.4 Å². The molecule has 0 saturated carbocycles. The average molecular weight is 395 g/mol. The highest BCUT2D eigenvalue weighted by molar-refractivity contribution is 14.0. The van der Waals surface area contributed by atoms with Crippen molar-refractivity contribution < 1.29 is 13.5 Å². The van der Waals surface area contributed by atoms with E-state index in [0.717, 1.165) is 18.7 Å². The molecule has 1 aromatic rings. The Bertz CT molecular complexity index is 401. The molecule has 0 N–H and O–H groups in total. The summed E-state index contributed by atoms with van der Waals surface area (Å²) in [5.74, 6) is 1.69. The smallest absolute Gasteiger partial charge is 0.130 e. The van der Waals surface area contributed by atoms with Crippen LogP contribution in [0.1, 0.15) is 38.0 Å². The summed E-state index contributed by atoms with van der Waals surface area (Å²) in [6.07, 6.45) is 3.44. The zero-order valence-electron chi connectivity index (χ0n) is 11.8. The summed E-state index contributed by atoms with van der Waals surface area (Å²) in [5, 5.41) is 0. The fourth-order valence-corrected chi connectivity index (χ4v) is 3.21. The van der Waals surface area contributed by atoms with Crippen molar-refractivity contribution in [2.75, 3.05) is 19.7 Å². The van der Waals surface area contributed by atoms with Crippen molar-refractivity contribution in [3.05, 3.63) is 24.2 Å². The lowest BCUT2D eigenvalue weighted by molar-refractivity contribution is 0.00925. The van der Waals surface area contributed by atoms with Crippen LogP contribution in [0.15, 0.2) is 22.8 Å². The van der Waals surface area contributed by atoms with Gasteiger partial charge in [0, 0.05) is 13.0 Å². The molecular weight excluding hydrogens is 372 g/mol. The first kappa shape index (κ1) is 16.2. The number of nitrogens with zero attached hydrogens (tertiary/aromatic N) is 1. The average Bonchev–Trinajstić information content (AvgIpc) is 3.04. The Morgan fingerprint density at radius 3 is 2.90 bits per heavy atom. The third-order valence-electron chi connectivity index (χ3n) is 4.39. The van der Waals surface area contributed by atoms with Crippen LogP contribution in [0.5, 0.6) is 0 Å². The number of ether oxygens (including phenoxy) is 1. The van der Waals surface area contributed by atoms with E-state index in [0.29, 0.717) is 25.5 Å². The molecule has 0 bridgehead atoms. The molecule has 2 aliphatic heterocycles. The van der Waals surface area contributed by atoms with E-state index in [4.69, 9.17) is 9.15 Å². The van der Waals surface area contributed by atoms with Crippen LogP contribution in [0.4, 0.5) is 4.39 Å². The van der Waals surface area contributed by atoms with Gasteiger partial charge in [0.25, 0.3) is 0 Å². The second kappa shape index (κ2) is 7.22. The van der Waals surface area contributed by atoms with Gasteiger partial charge in [-0.2, -0.15) is 0 Å². The first-order chi connectivity index (χ1) is 9.24. The summed E-state index contributed by atoms with van der Waals surface area (Å²) in [6, 6.07) is 4.23. The number of halogens is 2. The molecule has 0 amide bonds. The van der Waals surface area contributed by atoms with Gasteiger partial charge in [-0.25, -0.2) is 4.39 Å². The number of piperidine rings is 1. The second-order valence-electron chi connectivity index (χ2n) is 5.87. The van der Waals surface area contributed by atoms with Crippen molar-refractivity contribution in [1.29, 1.82) is 0 Å². The summed E-state index contributed by atoms with van der Waals surface area (Å²) >= 11 is 0. The number of hydrogen-bond donors (Lipinski definition) is 0. The lowest BCUT2D eigenvalue weighted by Gasteiger charge is -2.38. The highest BCUT2D eigenvalue weighted by Gasteiger charge is 2.35. The van der Waals surface area contributed by atoms with Crippen molar-refractivity contribution >= 4 is 24.0 Å². The lowest BCUT2D eigenvalue weighted by Crippen LogP contribution is -2.42. The van der Waals surface area contributed by atoms with E-state index >= 15 is 0 Å². The van der Waals surface area contributed by atoms with Crippen LogP contribution in [0, 0.1) is 5.92 Å². The van der Waals surface area contributed by atoms with Gasteiger partial charge < -0.3 is 9.15 Å². The van der Waals surface area contributed by atoms with Crippen LogP contribution in [0.2, 0.25) is 0 Å². The van der Waals surface area contributed by atoms with Gasteiger partial charge in [0.15, 0.2) is 0 Å². The molecule has 3 heterocycles. The summed E-state index contributed by atoms with van der Waals surface area (Å²) in [5.41, 5.74) is 0. The maximum absolute atomic E-state index is 13.7. The summed E-state index contributed by atoms with van der Waals surface area (Å²) in [4.78, 5) is 2.33. The largest absolute Gasteiger partial charge is 0.468 e. The Morgan fingerprint density at radius 1 is 1.40 bits per heavy atom. The fraction of sp³-hybridized carbons (Fsp3) is 0.733. The Hall–Kier alpha value is -0.140. The molecule has 0 aliphatic carbocycles. The fourth-order valence-electron chi connectivity index (χ4n) is 3.21. The zero-order valence-corrected chi connectivity index (χ0v) is 14.2. The Kier molecular flexibility index (Phi) is 5.86. The first-order valence-corrected chi connectivity index (χ1v) is 7.27. The van der Waals surface area contributed by atoms with Gasteiger partial charge in [0.1, 0.15) is 18.0 Å². The van der Waals surface area contributed by atoms with Crippen molar-refractivity contribution in [3.63, 3.8) is 0 Å². The molecular formula is C15H23FINO2. The van der Waals surface area contributed by atoms with Crippen LogP contribution in [0.3, 0.4) is 0 Å². The molecule has 114 valence electrons. The van der Waals surface area contributed by atoms with E-state index in [1.165, 1.54) is 6.42 Å². The normalized spacial score (nSPS) is 34.9. The van der Waals surface area contributed by atoms with Crippen molar-refractivity contribution in [3.8, 4) is 0 Å². The van der Waals surface area contributed by atoms with E-state index in [9.17, 15) is 4.39 Å². The van der Waals surface area contributed by atoms with Gasteiger partial charge in [-0.15, -0.1) is 24.0 Å². The third kappa shape index (κ3) is 3.54. The van der Waals surface area contributed by atoms with Gasteiger partial charge in [-0.3, -0.25) is 4.90 Å². The number of alkyl halides is 1. The maximum atomic E-state index is 13.7. The monoisotopic (exact) mass is 395 g/mol. The van der Waals surface area contributed by atoms with Crippen LogP contribution >= 0.6 is 24.0 Å². The Morgan fingerprint density at radius 2 is 2.25 bits per heavy atom. The van der Waals surface area contributed by atoms with Crippen molar-refractivity contribution in [1.82, 2.24) is 4.90 Å². The second-order valence-corrected chi connectivity index (χ2v) is 5.87. The van der Waals surface area contributed by atoms with Crippen LogP contribution < -0.4 is 0 Å². The van der Waals surface area contributed by atoms with Gasteiger partial charge in [0.2, 0.25) is 0 Å². The number of furan rings is 1. The molecule has 4 atom stereocenters. The zero-order chi connectivity index (χ0) is 13.2. The molecule has 2 fully saturated rings. The van der Waals surface area contributed by atoms with E-state index < -0.39 is 6.17 Å². The van der Waals surface area contributed by atoms with E-state index in [1.54, 1.807) is 6.26 Å². The number of hydrogen-bond acceptors (Lipinski definition) is 3. The highest BCUT2D eigenvalue weighted by Crippen LogP contribution is 2.35. The molecule has 2 saturated heterocycles. The lowest BCUT2D eigenvalue weighted by atomic mass is 9.90. The number of likely N-dealkylation sites (tertiary alicyclic amines) is 1. The van der Waals surface area contributed by atoms with Crippen molar-refractivity contribution in [2.45, 2.75) is 44.5 Å². The molecule has 2 aliphatic rings. The first-order valence-electron chi connectivity index (χ1n) is 7.27. The Labute approximate surface area is 136 Å². The molecule has 3 rings (SSSR count). The molecule has 0 spiro atoms. The molecule has 2 unspecified atom stereocenters. The summed E-state index contributed by atoms with van der Waals surface area (Å²) in [6.45, 7) is 4.51. The molecule has 0 aromatic carbocycles.